The first-order valence-electron chi connectivity index (χ1n) is 11.2. The molecule has 1 fully saturated rings. The minimum Gasteiger partial charge on any atom is -0.501 e. The van der Waals surface area contributed by atoms with Crippen molar-refractivity contribution in [3.63, 3.8) is 0 Å². The zero-order valence-corrected chi connectivity index (χ0v) is 19.7. The molecule has 1 aromatic carbocycles. The highest BCUT2D eigenvalue weighted by atomic mass is 19.1. The highest BCUT2D eigenvalue weighted by Gasteiger charge is 2.53. The molecule has 9 nitrogen and oxygen atoms in total. The summed E-state index contributed by atoms with van der Waals surface area (Å²) in [5.74, 6) is -1.47. The number of hydrogen-bond acceptors (Lipinski definition) is 6. The number of hydrogen-bond donors (Lipinski definition) is 2. The lowest BCUT2D eigenvalue weighted by Crippen LogP contribution is -2.53. The molecular formula is C24H29FN4O5. The fourth-order valence-electron chi connectivity index (χ4n) is 4.80. The average molecular weight is 473 g/mol. The molecule has 1 aromatic heterocycles. The van der Waals surface area contributed by atoms with Crippen molar-refractivity contribution >= 4 is 12.0 Å². The van der Waals surface area contributed by atoms with Crippen LogP contribution in [0.4, 0.5) is 9.18 Å². The van der Waals surface area contributed by atoms with E-state index in [-0.39, 0.29) is 18.3 Å². The third-order valence-corrected chi connectivity index (χ3v) is 6.49. The maximum atomic E-state index is 13.1. The first kappa shape index (κ1) is 23.7. The molecule has 2 unspecified atom stereocenters. The lowest BCUT2D eigenvalue weighted by Gasteiger charge is -2.42. The van der Waals surface area contributed by atoms with E-state index < -0.39 is 46.0 Å². The van der Waals surface area contributed by atoms with Crippen LogP contribution in [0.25, 0.3) is 0 Å². The molecule has 2 N–H and O–H groups in total. The number of rotatable bonds is 4. The first-order valence-corrected chi connectivity index (χ1v) is 11.2. The minimum absolute atomic E-state index is 0.0592. The second-order valence-corrected chi connectivity index (χ2v) is 10.0. The SMILES string of the molecule is CN(C(=O)OC(C)(C)C)C12CCC(Cn3c1nc(C(=O)NCc1ccc(F)cc1)c(O)c3=O)C2. The van der Waals surface area contributed by atoms with E-state index in [0.29, 0.717) is 24.9 Å². The van der Waals surface area contributed by atoms with Gasteiger partial charge in [0.15, 0.2) is 5.69 Å². The van der Waals surface area contributed by atoms with Gasteiger partial charge in [0.1, 0.15) is 22.8 Å². The van der Waals surface area contributed by atoms with Crippen LogP contribution in [0.15, 0.2) is 29.1 Å². The molecule has 0 spiro atoms. The van der Waals surface area contributed by atoms with Crippen molar-refractivity contribution < 1.29 is 23.8 Å². The first-order chi connectivity index (χ1) is 15.9. The molecule has 2 bridgehead atoms. The Labute approximate surface area is 196 Å². The lowest BCUT2D eigenvalue weighted by atomic mass is 9.89. The molecule has 0 radical (unpaired) electrons. The molecule has 1 aliphatic carbocycles. The van der Waals surface area contributed by atoms with Gasteiger partial charge in [-0.05, 0) is 63.6 Å². The monoisotopic (exact) mass is 472 g/mol. The molecule has 182 valence electrons. The van der Waals surface area contributed by atoms with Crippen LogP contribution in [0.2, 0.25) is 0 Å². The Morgan fingerprint density at radius 1 is 1.32 bits per heavy atom. The van der Waals surface area contributed by atoms with Crippen LogP contribution >= 0.6 is 0 Å². The molecule has 2 heterocycles. The number of ether oxygens (including phenoxy) is 1. The van der Waals surface area contributed by atoms with Gasteiger partial charge in [-0.3, -0.25) is 19.1 Å². The molecule has 2 atom stereocenters. The Morgan fingerprint density at radius 3 is 2.65 bits per heavy atom. The molecule has 2 aliphatic rings. The Hall–Kier alpha value is -3.43. The van der Waals surface area contributed by atoms with E-state index in [2.05, 4.69) is 10.3 Å². The van der Waals surface area contributed by atoms with E-state index in [1.165, 1.54) is 33.7 Å². The smallest absolute Gasteiger partial charge is 0.410 e. The van der Waals surface area contributed by atoms with Crippen molar-refractivity contribution in [3.05, 3.63) is 57.5 Å². The van der Waals surface area contributed by atoms with Gasteiger partial charge in [0.25, 0.3) is 11.5 Å². The molecule has 1 saturated carbocycles. The number of carbonyl (C=O) groups excluding carboxylic acids is 2. The number of nitrogens with zero attached hydrogens (tertiary/aromatic N) is 3. The summed E-state index contributed by atoms with van der Waals surface area (Å²) in [6, 6.07) is 5.59. The molecule has 34 heavy (non-hydrogen) atoms. The van der Waals surface area contributed by atoms with Gasteiger partial charge in [-0.25, -0.2) is 14.2 Å². The van der Waals surface area contributed by atoms with Gasteiger partial charge in [-0.1, -0.05) is 12.1 Å². The molecule has 4 rings (SSSR count). The van der Waals surface area contributed by atoms with Gasteiger partial charge in [-0.15, -0.1) is 0 Å². The zero-order valence-electron chi connectivity index (χ0n) is 19.7. The van der Waals surface area contributed by atoms with E-state index >= 15 is 0 Å². The summed E-state index contributed by atoms with van der Waals surface area (Å²) < 4.78 is 20.1. The standard InChI is InChI=1S/C24H29FN4O5/c1-23(2,3)34-22(33)28(4)24-10-9-15(11-24)13-29-20(32)18(30)17(27-21(24)29)19(31)26-12-14-5-7-16(25)8-6-14/h5-8,15,30H,9-13H2,1-4H3,(H,26,31). The van der Waals surface area contributed by atoms with Crippen molar-refractivity contribution in [1.29, 1.82) is 0 Å². The summed E-state index contributed by atoms with van der Waals surface area (Å²) >= 11 is 0. The van der Waals surface area contributed by atoms with Crippen LogP contribution in [0.3, 0.4) is 0 Å². The Bertz CT molecular complexity index is 1190. The Kier molecular flexibility index (Phi) is 5.87. The predicted molar refractivity (Wildman–Crippen MR) is 121 cm³/mol. The number of nitrogens with one attached hydrogen (secondary N) is 1. The predicted octanol–water partition coefficient (Wildman–Crippen LogP) is 2.89. The zero-order chi connectivity index (χ0) is 24.8. The maximum absolute atomic E-state index is 13.1. The fourth-order valence-corrected chi connectivity index (χ4v) is 4.80. The number of carbonyl (C=O) groups is 2. The van der Waals surface area contributed by atoms with Gasteiger partial charge in [0.2, 0.25) is 5.75 Å². The van der Waals surface area contributed by atoms with Crippen LogP contribution in [0, 0.1) is 11.7 Å². The molecular weight excluding hydrogens is 443 g/mol. The van der Waals surface area contributed by atoms with E-state index in [0.717, 1.165) is 6.42 Å². The fraction of sp³-hybridized carbons (Fsp3) is 0.500. The number of amides is 2. The maximum Gasteiger partial charge on any atom is 0.410 e. The van der Waals surface area contributed by atoms with E-state index in [4.69, 9.17) is 4.74 Å². The summed E-state index contributed by atoms with van der Waals surface area (Å²) in [7, 11) is 1.61. The van der Waals surface area contributed by atoms with E-state index in [9.17, 15) is 23.9 Å². The second-order valence-electron chi connectivity index (χ2n) is 10.0. The Morgan fingerprint density at radius 2 is 2.00 bits per heavy atom. The van der Waals surface area contributed by atoms with Gasteiger partial charge in [0.05, 0.1) is 0 Å². The number of halogens is 1. The van der Waals surface area contributed by atoms with Gasteiger partial charge < -0.3 is 15.2 Å². The van der Waals surface area contributed by atoms with Crippen LogP contribution < -0.4 is 10.9 Å². The van der Waals surface area contributed by atoms with Gasteiger partial charge in [-0.2, -0.15) is 0 Å². The number of fused-ring (bicyclic) bond motifs is 4. The molecule has 1 aliphatic heterocycles. The quantitative estimate of drug-likeness (QED) is 0.707. The third-order valence-electron chi connectivity index (χ3n) is 6.49. The Balaban J connectivity index is 1.69. The van der Waals surface area contributed by atoms with Gasteiger partial charge in [0, 0.05) is 20.1 Å². The highest BCUT2D eigenvalue weighted by Crippen LogP contribution is 2.49. The normalized spacial score (nSPS) is 21.0. The van der Waals surface area contributed by atoms with Crippen molar-refractivity contribution in [2.45, 2.75) is 64.3 Å². The minimum atomic E-state index is -0.926. The van der Waals surface area contributed by atoms with Crippen LogP contribution in [0.5, 0.6) is 5.75 Å². The summed E-state index contributed by atoms with van der Waals surface area (Å²) in [6.07, 6.45) is 1.35. The lowest BCUT2D eigenvalue weighted by molar-refractivity contribution is -0.00171. The van der Waals surface area contributed by atoms with Crippen LogP contribution in [-0.4, -0.2) is 44.2 Å². The van der Waals surface area contributed by atoms with Crippen LogP contribution in [0.1, 0.15) is 61.9 Å². The second kappa shape index (κ2) is 8.41. The van der Waals surface area contributed by atoms with Gasteiger partial charge >= 0.3 is 6.09 Å². The van der Waals surface area contributed by atoms with Crippen molar-refractivity contribution in [1.82, 2.24) is 19.8 Å². The van der Waals surface area contributed by atoms with Crippen molar-refractivity contribution in [2.24, 2.45) is 5.92 Å². The van der Waals surface area contributed by atoms with Crippen molar-refractivity contribution in [2.75, 3.05) is 7.05 Å². The topological polar surface area (TPSA) is 114 Å². The number of aromatic hydroxyl groups is 1. The molecule has 2 amide bonds. The average Bonchev–Trinajstić information content (AvgIpc) is 3.13. The van der Waals surface area contributed by atoms with Crippen LogP contribution in [-0.2, 0) is 23.4 Å². The van der Waals surface area contributed by atoms with E-state index in [1.807, 2.05) is 0 Å². The summed E-state index contributed by atoms with van der Waals surface area (Å²) in [6.45, 7) is 5.73. The summed E-state index contributed by atoms with van der Waals surface area (Å²) in [5.41, 5.74) is -2.11. The molecule has 0 saturated heterocycles. The van der Waals surface area contributed by atoms with E-state index in [1.54, 1.807) is 27.8 Å². The molecule has 2 aromatic rings. The largest absolute Gasteiger partial charge is 0.501 e. The summed E-state index contributed by atoms with van der Waals surface area (Å²) in [4.78, 5) is 44.8. The number of aromatic nitrogens is 2. The highest BCUT2D eigenvalue weighted by molar-refractivity contribution is 5.94. The summed E-state index contributed by atoms with van der Waals surface area (Å²) in [5, 5.41) is 13.1. The molecule has 10 heteroatoms. The third kappa shape index (κ3) is 4.24. The number of benzene rings is 1. The van der Waals surface area contributed by atoms with Crippen molar-refractivity contribution in [3.8, 4) is 5.75 Å².